The summed E-state index contributed by atoms with van der Waals surface area (Å²) in [6.45, 7) is 3.43. The molecule has 3 aliphatic rings. The number of aryl methyl sites for hydroxylation is 1. The van der Waals surface area contributed by atoms with Crippen molar-refractivity contribution in [2.45, 2.75) is 51.0 Å². The number of fused-ring (bicyclic) bond motifs is 2. The topological polar surface area (TPSA) is 60.9 Å². The Hall–Kier alpha value is -1.11. The number of nitrogens with zero attached hydrogens (tertiary/aromatic N) is 2. The van der Waals surface area contributed by atoms with Gasteiger partial charge in [0.2, 0.25) is 10.0 Å². The largest absolute Gasteiger partial charge is 0.387 e. The smallest absolute Gasteiger partial charge is 0.232 e. The molecule has 1 N–H and O–H groups in total. The van der Waals surface area contributed by atoms with Crippen LogP contribution >= 0.6 is 0 Å². The van der Waals surface area contributed by atoms with E-state index in [1.807, 2.05) is 18.2 Å². The summed E-state index contributed by atoms with van der Waals surface area (Å²) in [6.07, 6.45) is 9.21. The Morgan fingerprint density at radius 2 is 1.89 bits per heavy atom. The molecule has 0 bridgehead atoms. The van der Waals surface area contributed by atoms with Gasteiger partial charge < -0.3 is 10.0 Å². The van der Waals surface area contributed by atoms with Crippen molar-refractivity contribution in [3.8, 4) is 0 Å². The van der Waals surface area contributed by atoms with Gasteiger partial charge in [-0.3, -0.25) is 4.31 Å². The highest BCUT2D eigenvalue weighted by Crippen LogP contribution is 2.37. The molecular weight excluding hydrogens is 360 g/mol. The molecule has 0 amide bonds. The van der Waals surface area contributed by atoms with Crippen LogP contribution in [0.4, 0.5) is 5.69 Å². The zero-order valence-corrected chi connectivity index (χ0v) is 17.1. The zero-order valence-electron chi connectivity index (χ0n) is 16.3. The summed E-state index contributed by atoms with van der Waals surface area (Å²) in [5.74, 6) is 1.71. The number of likely N-dealkylation sites (tertiary alicyclic amines) is 1. The van der Waals surface area contributed by atoms with E-state index >= 15 is 0 Å². The predicted octanol–water partition coefficient (Wildman–Crippen LogP) is 2.94. The van der Waals surface area contributed by atoms with Crippen LogP contribution in [0.2, 0.25) is 0 Å². The maximum atomic E-state index is 12.0. The minimum Gasteiger partial charge on any atom is -0.387 e. The summed E-state index contributed by atoms with van der Waals surface area (Å²) in [4.78, 5) is 2.43. The Kier molecular flexibility index (Phi) is 5.50. The first-order valence-corrected chi connectivity index (χ1v) is 12.3. The Balaban J connectivity index is 1.44. The average Bonchev–Trinajstić information content (AvgIpc) is 2.66. The van der Waals surface area contributed by atoms with Gasteiger partial charge in [-0.2, -0.15) is 0 Å². The third-order valence-corrected chi connectivity index (χ3v) is 7.95. The van der Waals surface area contributed by atoms with Gasteiger partial charge in [0.15, 0.2) is 0 Å². The van der Waals surface area contributed by atoms with Crippen LogP contribution in [0.5, 0.6) is 0 Å². The van der Waals surface area contributed by atoms with Gasteiger partial charge in [0.1, 0.15) is 0 Å². The Morgan fingerprint density at radius 1 is 1.11 bits per heavy atom. The second kappa shape index (κ2) is 7.72. The van der Waals surface area contributed by atoms with Crippen LogP contribution in [0, 0.1) is 11.8 Å². The monoisotopic (exact) mass is 392 g/mol. The van der Waals surface area contributed by atoms with E-state index in [1.54, 1.807) is 0 Å². The highest BCUT2D eigenvalue weighted by Gasteiger charge is 2.32. The highest BCUT2D eigenvalue weighted by atomic mass is 32.2. The second-order valence-corrected chi connectivity index (χ2v) is 10.6. The quantitative estimate of drug-likeness (QED) is 0.856. The van der Waals surface area contributed by atoms with Gasteiger partial charge in [0.05, 0.1) is 18.0 Å². The van der Waals surface area contributed by atoms with E-state index in [0.717, 1.165) is 54.6 Å². The number of piperidine rings is 1. The molecule has 3 unspecified atom stereocenters. The fourth-order valence-electron chi connectivity index (χ4n) is 5.33. The predicted molar refractivity (Wildman–Crippen MR) is 108 cm³/mol. The summed E-state index contributed by atoms with van der Waals surface area (Å²) >= 11 is 0. The molecule has 1 saturated heterocycles. The highest BCUT2D eigenvalue weighted by molar-refractivity contribution is 7.92. The maximum Gasteiger partial charge on any atom is 0.232 e. The molecule has 1 saturated carbocycles. The second-order valence-electron chi connectivity index (χ2n) is 8.70. The van der Waals surface area contributed by atoms with Crippen molar-refractivity contribution in [1.29, 1.82) is 0 Å². The lowest BCUT2D eigenvalue weighted by Crippen LogP contribution is -2.43. The van der Waals surface area contributed by atoms with Gasteiger partial charge in [-0.1, -0.05) is 31.4 Å². The van der Waals surface area contributed by atoms with E-state index in [4.69, 9.17) is 0 Å². The van der Waals surface area contributed by atoms with Gasteiger partial charge in [0.25, 0.3) is 0 Å². The molecule has 3 atom stereocenters. The molecule has 5 nitrogen and oxygen atoms in total. The molecule has 1 aromatic rings. The van der Waals surface area contributed by atoms with Crippen molar-refractivity contribution in [2.75, 3.05) is 36.7 Å². The number of anilines is 1. The van der Waals surface area contributed by atoms with Crippen LogP contribution in [-0.4, -0.2) is 50.9 Å². The molecule has 6 heteroatoms. The standard InChI is InChI=1S/C21H32N2O3S/c1-27(25,26)23-11-4-7-17-13-18(8-9-20(17)23)21(24)15-22-12-10-16-5-2-3-6-19(16)14-22/h8-9,13,16,19,21,24H,2-7,10-12,14-15H2,1H3. The zero-order chi connectivity index (χ0) is 19.0. The van der Waals surface area contributed by atoms with Crippen molar-refractivity contribution in [3.05, 3.63) is 29.3 Å². The third kappa shape index (κ3) is 4.17. The summed E-state index contributed by atoms with van der Waals surface area (Å²) in [5.41, 5.74) is 2.73. The van der Waals surface area contributed by atoms with E-state index in [2.05, 4.69) is 4.90 Å². The molecule has 1 aliphatic carbocycles. The van der Waals surface area contributed by atoms with Gasteiger partial charge in [0, 0.05) is 19.6 Å². The number of hydrogen-bond donors (Lipinski definition) is 1. The number of benzene rings is 1. The van der Waals surface area contributed by atoms with Gasteiger partial charge in [-0.25, -0.2) is 8.42 Å². The molecule has 1 aromatic carbocycles. The Morgan fingerprint density at radius 3 is 2.67 bits per heavy atom. The number of aliphatic hydroxyl groups excluding tert-OH is 1. The number of hydrogen-bond acceptors (Lipinski definition) is 4. The normalized spacial score (nSPS) is 27.7. The summed E-state index contributed by atoms with van der Waals surface area (Å²) in [6, 6.07) is 5.80. The molecule has 0 spiro atoms. The van der Waals surface area contributed by atoms with Gasteiger partial charge in [-0.05, 0) is 61.3 Å². The SMILES string of the molecule is CS(=O)(=O)N1CCCc2cc(C(O)CN3CCC4CCCCC4C3)ccc21. The van der Waals surface area contributed by atoms with Crippen LogP contribution in [0.15, 0.2) is 18.2 Å². The van der Waals surface area contributed by atoms with Gasteiger partial charge >= 0.3 is 0 Å². The molecule has 27 heavy (non-hydrogen) atoms. The van der Waals surface area contributed by atoms with Crippen LogP contribution in [0.1, 0.15) is 55.8 Å². The van der Waals surface area contributed by atoms with Crippen molar-refractivity contribution in [2.24, 2.45) is 11.8 Å². The Bertz CT molecular complexity index is 780. The number of sulfonamides is 1. The lowest BCUT2D eigenvalue weighted by molar-refractivity contribution is 0.0459. The Labute approximate surface area is 163 Å². The van der Waals surface area contributed by atoms with Crippen molar-refractivity contribution in [1.82, 2.24) is 4.90 Å². The average molecular weight is 393 g/mol. The van der Waals surface area contributed by atoms with Crippen LogP contribution in [-0.2, 0) is 16.4 Å². The van der Waals surface area contributed by atoms with E-state index in [0.29, 0.717) is 13.1 Å². The van der Waals surface area contributed by atoms with Crippen LogP contribution in [0.25, 0.3) is 0 Å². The molecule has 0 radical (unpaired) electrons. The fraction of sp³-hybridized carbons (Fsp3) is 0.714. The maximum absolute atomic E-state index is 12.0. The number of aliphatic hydroxyl groups is 1. The first kappa shape index (κ1) is 19.2. The minimum atomic E-state index is -3.24. The molecular formula is C21H32N2O3S. The van der Waals surface area contributed by atoms with Crippen LogP contribution in [0.3, 0.4) is 0 Å². The fourth-order valence-corrected chi connectivity index (χ4v) is 6.32. The molecule has 150 valence electrons. The number of rotatable bonds is 4. The van der Waals surface area contributed by atoms with E-state index in [-0.39, 0.29) is 0 Å². The molecule has 2 aliphatic heterocycles. The molecule has 2 heterocycles. The van der Waals surface area contributed by atoms with Gasteiger partial charge in [-0.15, -0.1) is 0 Å². The molecule has 2 fully saturated rings. The van der Waals surface area contributed by atoms with Crippen molar-refractivity contribution >= 4 is 15.7 Å². The first-order valence-electron chi connectivity index (χ1n) is 10.4. The van der Waals surface area contributed by atoms with Crippen LogP contribution < -0.4 is 4.31 Å². The summed E-state index contributed by atoms with van der Waals surface area (Å²) in [5, 5.41) is 10.8. The van der Waals surface area contributed by atoms with E-state index < -0.39 is 16.1 Å². The number of β-amino-alcohol motifs (C(OH)–C–C–N with tert-alkyl or cyclic N) is 1. The van der Waals surface area contributed by atoms with E-state index in [1.165, 1.54) is 42.7 Å². The lowest BCUT2D eigenvalue weighted by Gasteiger charge is -2.42. The molecule has 4 rings (SSSR count). The van der Waals surface area contributed by atoms with E-state index in [9.17, 15) is 13.5 Å². The summed E-state index contributed by atoms with van der Waals surface area (Å²) in [7, 11) is -3.24. The lowest BCUT2D eigenvalue weighted by atomic mass is 9.75. The van der Waals surface area contributed by atoms with Crippen molar-refractivity contribution in [3.63, 3.8) is 0 Å². The summed E-state index contributed by atoms with van der Waals surface area (Å²) < 4.78 is 25.5. The van der Waals surface area contributed by atoms with Crippen molar-refractivity contribution < 1.29 is 13.5 Å². The third-order valence-electron chi connectivity index (χ3n) is 6.77. The minimum absolute atomic E-state index is 0.510. The molecule has 0 aromatic heterocycles. The first-order chi connectivity index (χ1) is 12.9.